The Balaban J connectivity index is 1.96. The van der Waals surface area contributed by atoms with Gasteiger partial charge in [0.05, 0.1) is 29.7 Å². The van der Waals surface area contributed by atoms with Crippen molar-refractivity contribution >= 4 is 5.91 Å². The number of hydrogen-bond acceptors (Lipinski definition) is 3. The fourth-order valence-electron chi connectivity index (χ4n) is 3.06. The Morgan fingerprint density at radius 1 is 1.27 bits per heavy atom. The summed E-state index contributed by atoms with van der Waals surface area (Å²) >= 11 is 0. The van der Waals surface area contributed by atoms with E-state index in [1.807, 2.05) is 41.2 Å². The topological polar surface area (TPSA) is 89.6 Å². The Morgan fingerprint density at radius 2 is 2.09 bits per heavy atom. The minimum absolute atomic E-state index is 0.162. The molecule has 4 rings (SSSR count). The van der Waals surface area contributed by atoms with E-state index >= 15 is 0 Å². The number of primary amides is 1. The average molecular weight is 293 g/mol. The monoisotopic (exact) mass is 293 g/mol. The van der Waals surface area contributed by atoms with Crippen LogP contribution in [0, 0.1) is 0 Å². The molecule has 0 atom stereocenters. The van der Waals surface area contributed by atoms with Gasteiger partial charge < -0.3 is 5.73 Å². The number of carbonyl (C=O) groups is 1. The van der Waals surface area contributed by atoms with Gasteiger partial charge in [0.15, 0.2) is 0 Å². The fraction of sp³-hybridized carbons (Fsp3) is 0.188. The second kappa shape index (κ2) is 4.84. The molecule has 0 aliphatic heterocycles. The van der Waals surface area contributed by atoms with Gasteiger partial charge in [-0.1, -0.05) is 18.2 Å². The van der Waals surface area contributed by atoms with E-state index in [0.717, 1.165) is 46.7 Å². The molecule has 1 aliphatic rings. The number of hydrogen-bond donors (Lipinski definition) is 2. The van der Waals surface area contributed by atoms with Crippen LogP contribution in [0.25, 0.3) is 16.9 Å². The molecule has 0 saturated carbocycles. The molecule has 0 radical (unpaired) electrons. The first-order chi connectivity index (χ1) is 10.7. The van der Waals surface area contributed by atoms with E-state index in [1.165, 1.54) is 0 Å². The van der Waals surface area contributed by atoms with Crippen molar-refractivity contribution in [1.82, 2.24) is 20.0 Å². The van der Waals surface area contributed by atoms with E-state index in [4.69, 9.17) is 5.73 Å². The van der Waals surface area contributed by atoms with Crippen LogP contribution in [0.1, 0.15) is 17.0 Å². The molecule has 6 heteroatoms. The molecule has 0 saturated heterocycles. The molecule has 1 amide bonds. The number of fused-ring (bicyclic) bond motifs is 3. The largest absolute Gasteiger partial charge is 0.369 e. The fourth-order valence-corrected chi connectivity index (χ4v) is 3.06. The third kappa shape index (κ3) is 1.92. The quantitative estimate of drug-likeness (QED) is 0.764. The minimum Gasteiger partial charge on any atom is -0.369 e. The molecule has 110 valence electrons. The van der Waals surface area contributed by atoms with Crippen molar-refractivity contribution in [3.8, 4) is 16.9 Å². The van der Waals surface area contributed by atoms with Crippen molar-refractivity contribution in [1.29, 1.82) is 0 Å². The van der Waals surface area contributed by atoms with Crippen LogP contribution in [0.2, 0.25) is 0 Å². The number of para-hydroxylation sites is 1. The Labute approximate surface area is 127 Å². The zero-order chi connectivity index (χ0) is 15.1. The van der Waals surface area contributed by atoms with Crippen molar-refractivity contribution in [2.75, 3.05) is 0 Å². The zero-order valence-electron chi connectivity index (χ0n) is 11.9. The van der Waals surface area contributed by atoms with E-state index < -0.39 is 0 Å². The zero-order valence-corrected chi connectivity index (χ0v) is 11.9. The number of nitrogens with zero attached hydrogens (tertiary/aromatic N) is 3. The summed E-state index contributed by atoms with van der Waals surface area (Å²) in [5.74, 6) is -0.362. The van der Waals surface area contributed by atoms with Crippen LogP contribution in [0.5, 0.6) is 0 Å². The third-order valence-corrected chi connectivity index (χ3v) is 4.01. The molecule has 3 aromatic rings. The van der Waals surface area contributed by atoms with Crippen LogP contribution in [-0.2, 0) is 24.1 Å². The molecule has 0 fully saturated rings. The molecular weight excluding hydrogens is 278 g/mol. The van der Waals surface area contributed by atoms with Crippen molar-refractivity contribution in [2.24, 2.45) is 5.73 Å². The molecular formula is C16H15N5O. The van der Waals surface area contributed by atoms with Gasteiger partial charge in [-0.3, -0.25) is 9.89 Å². The number of nitrogens with two attached hydrogens (primary N) is 1. The van der Waals surface area contributed by atoms with Crippen molar-refractivity contribution in [3.05, 3.63) is 53.5 Å². The molecule has 1 aliphatic carbocycles. The van der Waals surface area contributed by atoms with Gasteiger partial charge in [-0.2, -0.15) is 10.2 Å². The maximum Gasteiger partial charge on any atom is 0.223 e. The summed E-state index contributed by atoms with van der Waals surface area (Å²) in [5, 5.41) is 11.8. The number of H-pyrrole nitrogens is 1. The highest BCUT2D eigenvalue weighted by Gasteiger charge is 2.27. The molecule has 1 aromatic carbocycles. The van der Waals surface area contributed by atoms with E-state index in [0.29, 0.717) is 0 Å². The van der Waals surface area contributed by atoms with Gasteiger partial charge in [0.1, 0.15) is 0 Å². The van der Waals surface area contributed by atoms with Gasteiger partial charge in [-0.15, -0.1) is 0 Å². The predicted octanol–water partition coefficient (Wildman–Crippen LogP) is 1.39. The molecule has 2 aromatic heterocycles. The van der Waals surface area contributed by atoms with Crippen LogP contribution >= 0.6 is 0 Å². The normalized spacial score (nSPS) is 12.7. The lowest BCUT2D eigenvalue weighted by atomic mass is 9.93. The summed E-state index contributed by atoms with van der Waals surface area (Å²) in [7, 11) is 0. The lowest BCUT2D eigenvalue weighted by Gasteiger charge is -2.14. The summed E-state index contributed by atoms with van der Waals surface area (Å²) in [6.07, 6.45) is 3.69. The van der Waals surface area contributed by atoms with E-state index in [9.17, 15) is 4.79 Å². The maximum absolute atomic E-state index is 11.4. The Hall–Kier alpha value is -2.89. The van der Waals surface area contributed by atoms with Gasteiger partial charge in [0, 0.05) is 16.8 Å². The highest BCUT2D eigenvalue weighted by molar-refractivity contribution is 5.79. The van der Waals surface area contributed by atoms with E-state index in [-0.39, 0.29) is 12.3 Å². The van der Waals surface area contributed by atoms with Crippen LogP contribution in [-0.4, -0.2) is 25.9 Å². The van der Waals surface area contributed by atoms with E-state index in [2.05, 4.69) is 15.3 Å². The summed E-state index contributed by atoms with van der Waals surface area (Å²) in [6.45, 7) is 0. The summed E-state index contributed by atoms with van der Waals surface area (Å²) in [5.41, 5.74) is 11.4. The Kier molecular flexibility index (Phi) is 2.82. The number of amides is 1. The average Bonchev–Trinajstić information content (AvgIpc) is 3.12. The van der Waals surface area contributed by atoms with Crippen LogP contribution in [0.4, 0.5) is 0 Å². The summed E-state index contributed by atoms with van der Waals surface area (Å²) in [4.78, 5) is 11.4. The van der Waals surface area contributed by atoms with Crippen LogP contribution in [0.3, 0.4) is 0 Å². The first-order valence-corrected chi connectivity index (χ1v) is 7.21. The minimum atomic E-state index is -0.362. The number of aryl methyl sites for hydroxylation is 1. The van der Waals surface area contributed by atoms with Crippen LogP contribution in [0.15, 0.2) is 36.5 Å². The third-order valence-electron chi connectivity index (χ3n) is 4.01. The van der Waals surface area contributed by atoms with Gasteiger partial charge in [0.25, 0.3) is 0 Å². The number of rotatable bonds is 3. The molecule has 3 N–H and O–H groups in total. The number of nitrogens with one attached hydrogen (secondary N) is 1. The number of benzene rings is 1. The second-order valence-electron chi connectivity index (χ2n) is 5.43. The summed E-state index contributed by atoms with van der Waals surface area (Å²) < 4.78 is 1.89. The predicted molar refractivity (Wildman–Crippen MR) is 81.5 cm³/mol. The first-order valence-electron chi connectivity index (χ1n) is 7.21. The molecule has 2 heterocycles. The summed E-state index contributed by atoms with van der Waals surface area (Å²) in [6, 6.07) is 9.89. The molecule has 0 bridgehead atoms. The molecule has 22 heavy (non-hydrogen) atoms. The lowest BCUT2D eigenvalue weighted by molar-refractivity contribution is -0.117. The molecule has 0 spiro atoms. The number of carbonyl (C=O) groups excluding carboxylic acids is 1. The number of aromatic amines is 1. The Bertz CT molecular complexity index is 847. The SMILES string of the molecule is NC(=O)Cc1nn(-c2ccccc2)c2c1CCc1[nH]ncc1-2. The van der Waals surface area contributed by atoms with Gasteiger partial charge in [-0.25, -0.2) is 4.68 Å². The number of aromatic nitrogens is 4. The molecule has 0 unspecified atom stereocenters. The van der Waals surface area contributed by atoms with Gasteiger partial charge >= 0.3 is 0 Å². The van der Waals surface area contributed by atoms with Crippen molar-refractivity contribution in [2.45, 2.75) is 19.3 Å². The van der Waals surface area contributed by atoms with Gasteiger partial charge in [-0.05, 0) is 25.0 Å². The lowest BCUT2D eigenvalue weighted by Crippen LogP contribution is -2.15. The highest BCUT2D eigenvalue weighted by atomic mass is 16.1. The van der Waals surface area contributed by atoms with Crippen LogP contribution < -0.4 is 5.73 Å². The van der Waals surface area contributed by atoms with Crippen molar-refractivity contribution < 1.29 is 4.79 Å². The standard InChI is InChI=1S/C16H15N5O/c17-15(22)8-14-11-6-7-13-12(9-18-19-13)16(11)21(20-14)10-4-2-1-3-5-10/h1-5,9H,6-8H2,(H2,17,22)(H,18,19). The molecule has 6 nitrogen and oxygen atoms in total. The van der Waals surface area contributed by atoms with E-state index in [1.54, 1.807) is 0 Å². The maximum atomic E-state index is 11.4. The smallest absolute Gasteiger partial charge is 0.223 e. The first kappa shape index (κ1) is 12.8. The van der Waals surface area contributed by atoms with Gasteiger partial charge in [0.2, 0.25) is 5.91 Å². The highest BCUT2D eigenvalue weighted by Crippen LogP contribution is 2.35. The Morgan fingerprint density at radius 3 is 2.86 bits per heavy atom. The van der Waals surface area contributed by atoms with Crippen molar-refractivity contribution in [3.63, 3.8) is 0 Å². The second-order valence-corrected chi connectivity index (χ2v) is 5.43.